The first-order valence-electron chi connectivity index (χ1n) is 7.14. The second-order valence-electron chi connectivity index (χ2n) is 5.57. The highest BCUT2D eigenvalue weighted by Gasteiger charge is 2.29. The average Bonchev–Trinajstić information content (AvgIpc) is 3.15. The molecule has 1 saturated heterocycles. The summed E-state index contributed by atoms with van der Waals surface area (Å²) in [6.45, 7) is 2.18. The third-order valence-corrected chi connectivity index (χ3v) is 3.79. The highest BCUT2D eigenvalue weighted by molar-refractivity contribution is 5.89. The van der Waals surface area contributed by atoms with Crippen molar-refractivity contribution in [2.24, 2.45) is 5.92 Å². The molecule has 1 aliphatic carbocycles. The molecule has 0 aromatic heterocycles. The lowest BCUT2D eigenvalue weighted by atomic mass is 10.3. The minimum absolute atomic E-state index is 0.144. The molecular formula is C15H19FN2O2. The molecule has 1 unspecified atom stereocenters. The van der Waals surface area contributed by atoms with Gasteiger partial charge in [0.05, 0.1) is 6.10 Å². The van der Waals surface area contributed by atoms with Crippen LogP contribution in [0.3, 0.4) is 0 Å². The van der Waals surface area contributed by atoms with Gasteiger partial charge < -0.3 is 15.0 Å². The van der Waals surface area contributed by atoms with Crippen molar-refractivity contribution in [3.05, 3.63) is 30.1 Å². The Hall–Kier alpha value is -1.62. The van der Waals surface area contributed by atoms with Gasteiger partial charge in [-0.05, 0) is 49.4 Å². The van der Waals surface area contributed by atoms with E-state index < -0.39 is 0 Å². The van der Waals surface area contributed by atoms with Gasteiger partial charge in [-0.3, -0.25) is 0 Å². The minimum atomic E-state index is -0.308. The summed E-state index contributed by atoms with van der Waals surface area (Å²) < 4.78 is 18.6. The fraction of sp³-hybridized carbons (Fsp3) is 0.533. The minimum Gasteiger partial charge on any atom is -0.376 e. The fourth-order valence-electron chi connectivity index (χ4n) is 2.34. The molecule has 1 saturated carbocycles. The van der Waals surface area contributed by atoms with E-state index in [2.05, 4.69) is 5.32 Å². The second-order valence-corrected chi connectivity index (χ2v) is 5.57. The smallest absolute Gasteiger partial charge is 0.321 e. The summed E-state index contributed by atoms with van der Waals surface area (Å²) in [6.07, 6.45) is 3.61. The Morgan fingerprint density at radius 1 is 1.30 bits per heavy atom. The zero-order valence-corrected chi connectivity index (χ0v) is 11.3. The van der Waals surface area contributed by atoms with Crippen LogP contribution in [-0.4, -0.2) is 36.7 Å². The van der Waals surface area contributed by atoms with Crippen LogP contribution >= 0.6 is 0 Å². The number of ether oxygens (including phenoxy) is 1. The van der Waals surface area contributed by atoms with Crippen molar-refractivity contribution < 1.29 is 13.9 Å². The van der Waals surface area contributed by atoms with Gasteiger partial charge in [0, 0.05) is 25.4 Å². The molecule has 2 fully saturated rings. The Kier molecular flexibility index (Phi) is 3.87. The SMILES string of the molecule is O=C(Nc1ccc(F)cc1)N1CCC(OCC2CC2)C1. The maximum atomic E-state index is 12.8. The molecule has 1 aromatic rings. The van der Waals surface area contributed by atoms with Gasteiger partial charge in [-0.25, -0.2) is 9.18 Å². The summed E-state index contributed by atoms with van der Waals surface area (Å²) in [6, 6.07) is 5.64. The lowest BCUT2D eigenvalue weighted by molar-refractivity contribution is 0.0543. The maximum Gasteiger partial charge on any atom is 0.321 e. The summed E-state index contributed by atoms with van der Waals surface area (Å²) in [4.78, 5) is 13.8. The third-order valence-electron chi connectivity index (χ3n) is 3.79. The molecule has 1 atom stereocenters. The van der Waals surface area contributed by atoms with Crippen molar-refractivity contribution in [2.45, 2.75) is 25.4 Å². The Balaban J connectivity index is 1.46. The summed E-state index contributed by atoms with van der Waals surface area (Å²) in [5, 5.41) is 2.77. The number of hydrogen-bond donors (Lipinski definition) is 1. The van der Waals surface area contributed by atoms with Gasteiger partial charge in [-0.2, -0.15) is 0 Å². The molecule has 0 bridgehead atoms. The van der Waals surface area contributed by atoms with Gasteiger partial charge in [0.15, 0.2) is 0 Å². The van der Waals surface area contributed by atoms with E-state index in [4.69, 9.17) is 4.74 Å². The van der Waals surface area contributed by atoms with Crippen molar-refractivity contribution >= 4 is 11.7 Å². The van der Waals surface area contributed by atoms with Gasteiger partial charge in [0.2, 0.25) is 0 Å². The van der Waals surface area contributed by atoms with E-state index in [9.17, 15) is 9.18 Å². The number of anilines is 1. The quantitative estimate of drug-likeness (QED) is 0.920. The van der Waals surface area contributed by atoms with E-state index in [1.807, 2.05) is 0 Å². The molecule has 3 rings (SSSR count). The number of carbonyl (C=O) groups excluding carboxylic acids is 1. The van der Waals surface area contributed by atoms with Crippen molar-refractivity contribution in [3.63, 3.8) is 0 Å². The number of benzene rings is 1. The molecule has 4 nitrogen and oxygen atoms in total. The standard InChI is InChI=1S/C15H19FN2O2/c16-12-3-5-13(6-4-12)17-15(19)18-8-7-14(9-18)20-10-11-1-2-11/h3-6,11,14H,1-2,7-10H2,(H,17,19). The van der Waals surface area contributed by atoms with Crippen LogP contribution in [0.15, 0.2) is 24.3 Å². The lowest BCUT2D eigenvalue weighted by Crippen LogP contribution is -2.34. The Bertz CT molecular complexity index is 473. The van der Waals surface area contributed by atoms with Crippen molar-refractivity contribution in [2.75, 3.05) is 25.0 Å². The lowest BCUT2D eigenvalue weighted by Gasteiger charge is -2.17. The van der Waals surface area contributed by atoms with Crippen LogP contribution in [0.2, 0.25) is 0 Å². The van der Waals surface area contributed by atoms with Crippen molar-refractivity contribution in [1.29, 1.82) is 0 Å². The van der Waals surface area contributed by atoms with Gasteiger partial charge in [-0.1, -0.05) is 0 Å². The molecular weight excluding hydrogens is 259 g/mol. The summed E-state index contributed by atoms with van der Waals surface area (Å²) in [5.74, 6) is 0.440. The van der Waals surface area contributed by atoms with E-state index in [1.165, 1.54) is 25.0 Å². The van der Waals surface area contributed by atoms with Crippen LogP contribution in [0, 0.1) is 11.7 Å². The van der Waals surface area contributed by atoms with Crippen molar-refractivity contribution in [1.82, 2.24) is 4.90 Å². The third kappa shape index (κ3) is 3.48. The molecule has 1 aromatic carbocycles. The molecule has 108 valence electrons. The van der Waals surface area contributed by atoms with Crippen LogP contribution in [0.4, 0.5) is 14.9 Å². The zero-order valence-electron chi connectivity index (χ0n) is 11.3. The molecule has 2 amide bonds. The number of nitrogens with zero attached hydrogens (tertiary/aromatic N) is 1. The maximum absolute atomic E-state index is 12.8. The number of carbonyl (C=O) groups is 1. The number of halogens is 1. The van der Waals surface area contributed by atoms with Gasteiger partial charge >= 0.3 is 6.03 Å². The predicted octanol–water partition coefficient (Wildman–Crippen LogP) is 2.86. The van der Waals surface area contributed by atoms with Gasteiger partial charge in [0.1, 0.15) is 5.82 Å². The first-order chi connectivity index (χ1) is 9.70. The van der Waals surface area contributed by atoms with E-state index in [0.717, 1.165) is 18.9 Å². The Morgan fingerprint density at radius 2 is 2.05 bits per heavy atom. The van der Waals surface area contributed by atoms with Crippen molar-refractivity contribution in [3.8, 4) is 0 Å². The Labute approximate surface area is 117 Å². The van der Waals surface area contributed by atoms with E-state index in [-0.39, 0.29) is 18.0 Å². The van der Waals surface area contributed by atoms with Crippen LogP contribution < -0.4 is 5.32 Å². The normalized spacial score (nSPS) is 22.1. The molecule has 0 spiro atoms. The number of urea groups is 1. The Morgan fingerprint density at radius 3 is 2.75 bits per heavy atom. The monoisotopic (exact) mass is 278 g/mol. The number of hydrogen-bond acceptors (Lipinski definition) is 2. The average molecular weight is 278 g/mol. The number of amides is 2. The second kappa shape index (κ2) is 5.79. The van der Waals surface area contributed by atoms with Crippen LogP contribution in [0.1, 0.15) is 19.3 Å². The topological polar surface area (TPSA) is 41.6 Å². The van der Waals surface area contributed by atoms with E-state index in [0.29, 0.717) is 18.8 Å². The largest absolute Gasteiger partial charge is 0.376 e. The molecule has 1 N–H and O–H groups in total. The molecule has 0 radical (unpaired) electrons. The van der Waals surface area contributed by atoms with Crippen LogP contribution in [0.25, 0.3) is 0 Å². The number of nitrogens with one attached hydrogen (secondary N) is 1. The van der Waals surface area contributed by atoms with Crippen LogP contribution in [0.5, 0.6) is 0 Å². The van der Waals surface area contributed by atoms with E-state index >= 15 is 0 Å². The highest BCUT2D eigenvalue weighted by Crippen LogP contribution is 2.30. The molecule has 2 aliphatic rings. The fourth-order valence-corrected chi connectivity index (χ4v) is 2.34. The molecule has 1 heterocycles. The molecule has 5 heteroatoms. The molecule has 20 heavy (non-hydrogen) atoms. The molecule has 1 aliphatic heterocycles. The number of rotatable bonds is 4. The first-order valence-corrected chi connectivity index (χ1v) is 7.14. The number of likely N-dealkylation sites (tertiary alicyclic amines) is 1. The van der Waals surface area contributed by atoms with Crippen LogP contribution in [-0.2, 0) is 4.74 Å². The van der Waals surface area contributed by atoms with Gasteiger partial charge in [-0.15, -0.1) is 0 Å². The zero-order chi connectivity index (χ0) is 13.9. The highest BCUT2D eigenvalue weighted by atomic mass is 19.1. The van der Waals surface area contributed by atoms with Gasteiger partial charge in [0.25, 0.3) is 0 Å². The predicted molar refractivity (Wildman–Crippen MR) is 74.1 cm³/mol. The summed E-state index contributed by atoms with van der Waals surface area (Å²) >= 11 is 0. The summed E-state index contributed by atoms with van der Waals surface area (Å²) in [7, 11) is 0. The summed E-state index contributed by atoms with van der Waals surface area (Å²) in [5.41, 5.74) is 0.610. The van der Waals surface area contributed by atoms with E-state index in [1.54, 1.807) is 17.0 Å². The first kappa shape index (κ1) is 13.4.